The molecule has 1 amide bonds. The lowest BCUT2D eigenvalue weighted by Gasteiger charge is -2.11. The molecule has 6 heteroatoms. The summed E-state index contributed by atoms with van der Waals surface area (Å²) >= 11 is 0. The molecule has 1 aromatic rings. The van der Waals surface area contributed by atoms with Crippen molar-refractivity contribution in [2.75, 3.05) is 11.9 Å². The highest BCUT2D eigenvalue weighted by Crippen LogP contribution is 2.22. The van der Waals surface area contributed by atoms with Crippen LogP contribution < -0.4 is 11.1 Å². The van der Waals surface area contributed by atoms with Gasteiger partial charge in [-0.3, -0.25) is 4.79 Å². The smallest absolute Gasteiger partial charge is 0.337 e. The van der Waals surface area contributed by atoms with Gasteiger partial charge in [0.2, 0.25) is 5.91 Å². The second-order valence-electron chi connectivity index (χ2n) is 4.80. The molecular weight excluding hydrogens is 260 g/mol. The van der Waals surface area contributed by atoms with E-state index >= 15 is 0 Å². The fourth-order valence-corrected chi connectivity index (χ4v) is 1.84. The molecule has 0 spiro atoms. The highest BCUT2D eigenvalue weighted by Gasteiger charge is 2.14. The molecule has 1 rings (SSSR count). The summed E-state index contributed by atoms with van der Waals surface area (Å²) in [7, 11) is 0. The van der Waals surface area contributed by atoms with Crippen molar-refractivity contribution in [2.45, 2.75) is 26.2 Å². The fraction of sp³-hybridized carbons (Fsp3) is 0.429. The van der Waals surface area contributed by atoms with E-state index in [1.165, 1.54) is 12.1 Å². The quantitative estimate of drug-likeness (QED) is 0.569. The Morgan fingerprint density at radius 1 is 1.35 bits per heavy atom. The van der Waals surface area contributed by atoms with Gasteiger partial charge in [-0.15, -0.1) is 0 Å². The summed E-state index contributed by atoms with van der Waals surface area (Å²) in [6.07, 6.45) is 1.86. The monoisotopic (exact) mass is 280 g/mol. The number of aromatic carboxylic acids is 1. The number of aromatic hydroxyl groups is 1. The van der Waals surface area contributed by atoms with Gasteiger partial charge in [0.1, 0.15) is 5.75 Å². The summed E-state index contributed by atoms with van der Waals surface area (Å²) in [5, 5.41) is 20.8. The van der Waals surface area contributed by atoms with Crippen molar-refractivity contribution in [2.24, 2.45) is 11.7 Å². The molecule has 5 N–H and O–H groups in total. The molecule has 0 heterocycles. The predicted molar refractivity (Wildman–Crippen MR) is 75.8 cm³/mol. The highest BCUT2D eigenvalue weighted by atomic mass is 16.4. The molecule has 0 saturated carbocycles. The number of rotatable bonds is 7. The van der Waals surface area contributed by atoms with E-state index in [9.17, 15) is 14.7 Å². The molecule has 0 aromatic heterocycles. The van der Waals surface area contributed by atoms with Crippen molar-refractivity contribution >= 4 is 17.6 Å². The zero-order valence-corrected chi connectivity index (χ0v) is 11.4. The molecule has 1 atom stereocenters. The molecule has 0 radical (unpaired) electrons. The SMILES string of the molecule is CC(CCN)CCC(=O)Nc1ccc(O)cc1C(=O)O. The Hall–Kier alpha value is -2.08. The Bertz CT molecular complexity index is 488. The zero-order chi connectivity index (χ0) is 15.1. The minimum absolute atomic E-state index is 0.131. The van der Waals surface area contributed by atoms with Crippen molar-refractivity contribution in [1.82, 2.24) is 0 Å². The van der Waals surface area contributed by atoms with Crippen molar-refractivity contribution in [3.05, 3.63) is 23.8 Å². The van der Waals surface area contributed by atoms with Crippen LogP contribution in [-0.2, 0) is 4.79 Å². The number of carbonyl (C=O) groups excluding carboxylic acids is 1. The molecule has 6 nitrogen and oxygen atoms in total. The largest absolute Gasteiger partial charge is 0.508 e. The van der Waals surface area contributed by atoms with Crippen LogP contribution in [0.15, 0.2) is 18.2 Å². The first-order valence-corrected chi connectivity index (χ1v) is 6.50. The van der Waals surface area contributed by atoms with Gasteiger partial charge in [-0.25, -0.2) is 4.79 Å². The topological polar surface area (TPSA) is 113 Å². The van der Waals surface area contributed by atoms with Gasteiger partial charge in [-0.2, -0.15) is 0 Å². The maximum Gasteiger partial charge on any atom is 0.337 e. The van der Waals surface area contributed by atoms with Crippen LogP contribution in [0.4, 0.5) is 5.69 Å². The maximum absolute atomic E-state index is 11.8. The van der Waals surface area contributed by atoms with Crippen LogP contribution in [0.25, 0.3) is 0 Å². The number of hydrogen-bond donors (Lipinski definition) is 4. The first kappa shape index (κ1) is 16.0. The van der Waals surface area contributed by atoms with Crippen LogP contribution in [0, 0.1) is 5.92 Å². The zero-order valence-electron chi connectivity index (χ0n) is 11.4. The van der Waals surface area contributed by atoms with Gasteiger partial charge in [0, 0.05) is 6.42 Å². The number of phenolic OH excluding ortho intramolecular Hbond substituents is 1. The van der Waals surface area contributed by atoms with Crippen LogP contribution >= 0.6 is 0 Å². The average molecular weight is 280 g/mol. The minimum atomic E-state index is -1.20. The van der Waals surface area contributed by atoms with Crippen molar-refractivity contribution < 1.29 is 19.8 Å². The molecule has 0 saturated heterocycles. The van der Waals surface area contributed by atoms with Gasteiger partial charge < -0.3 is 21.3 Å². The van der Waals surface area contributed by atoms with Gasteiger partial charge in [0.15, 0.2) is 0 Å². The van der Waals surface area contributed by atoms with E-state index in [4.69, 9.17) is 10.8 Å². The van der Waals surface area contributed by atoms with Gasteiger partial charge in [-0.05, 0) is 43.5 Å². The normalized spacial score (nSPS) is 11.9. The molecule has 1 aromatic carbocycles. The highest BCUT2D eigenvalue weighted by molar-refractivity contribution is 6.00. The van der Waals surface area contributed by atoms with E-state index in [0.29, 0.717) is 25.3 Å². The van der Waals surface area contributed by atoms with E-state index in [-0.39, 0.29) is 22.9 Å². The standard InChI is InChI=1S/C14H20N2O4/c1-9(6-7-15)2-5-13(18)16-12-4-3-10(17)8-11(12)14(19)20/h3-4,8-9,17H,2,5-7,15H2,1H3,(H,16,18)(H,19,20). The van der Waals surface area contributed by atoms with Crippen molar-refractivity contribution in [3.8, 4) is 5.75 Å². The summed E-state index contributed by atoms with van der Waals surface area (Å²) in [4.78, 5) is 22.8. The van der Waals surface area contributed by atoms with E-state index in [0.717, 1.165) is 12.5 Å². The van der Waals surface area contributed by atoms with Gasteiger partial charge in [0.05, 0.1) is 11.3 Å². The number of carbonyl (C=O) groups is 2. The minimum Gasteiger partial charge on any atom is -0.508 e. The number of hydrogen-bond acceptors (Lipinski definition) is 4. The van der Waals surface area contributed by atoms with Crippen LogP contribution in [0.5, 0.6) is 5.75 Å². The average Bonchev–Trinajstić information content (AvgIpc) is 2.38. The van der Waals surface area contributed by atoms with Gasteiger partial charge in [-0.1, -0.05) is 6.92 Å². The number of benzene rings is 1. The number of amides is 1. The lowest BCUT2D eigenvalue weighted by Crippen LogP contribution is -2.16. The lowest BCUT2D eigenvalue weighted by atomic mass is 10.0. The van der Waals surface area contributed by atoms with Crippen LogP contribution in [0.1, 0.15) is 36.5 Å². The first-order chi connectivity index (χ1) is 9.43. The van der Waals surface area contributed by atoms with E-state index < -0.39 is 5.97 Å². The summed E-state index contributed by atoms with van der Waals surface area (Å²) in [5.74, 6) is -1.25. The molecule has 0 bridgehead atoms. The molecule has 0 fully saturated rings. The van der Waals surface area contributed by atoms with Crippen molar-refractivity contribution in [3.63, 3.8) is 0 Å². The molecule has 1 unspecified atom stereocenters. The van der Waals surface area contributed by atoms with Crippen LogP contribution in [-0.4, -0.2) is 28.6 Å². The summed E-state index contributed by atoms with van der Waals surface area (Å²) < 4.78 is 0. The number of carboxylic acids is 1. The maximum atomic E-state index is 11.8. The third-order valence-corrected chi connectivity index (χ3v) is 3.03. The summed E-state index contributed by atoms with van der Waals surface area (Å²) in [6.45, 7) is 2.60. The Kier molecular flexibility index (Phi) is 5.99. The number of nitrogens with one attached hydrogen (secondary N) is 1. The second kappa shape index (κ2) is 7.49. The van der Waals surface area contributed by atoms with E-state index in [1.807, 2.05) is 6.92 Å². The Morgan fingerprint density at radius 2 is 2.05 bits per heavy atom. The number of anilines is 1. The third-order valence-electron chi connectivity index (χ3n) is 3.03. The first-order valence-electron chi connectivity index (χ1n) is 6.50. The molecule has 110 valence electrons. The van der Waals surface area contributed by atoms with Crippen molar-refractivity contribution in [1.29, 1.82) is 0 Å². The number of nitrogens with two attached hydrogens (primary N) is 1. The fourth-order valence-electron chi connectivity index (χ4n) is 1.84. The molecule has 0 aliphatic rings. The lowest BCUT2D eigenvalue weighted by molar-refractivity contribution is -0.116. The summed E-state index contributed by atoms with van der Waals surface area (Å²) in [6, 6.07) is 3.81. The van der Waals surface area contributed by atoms with Crippen LogP contribution in [0.2, 0.25) is 0 Å². The van der Waals surface area contributed by atoms with E-state index in [1.54, 1.807) is 0 Å². The number of carboxylic acid groups (broad SMARTS) is 1. The Balaban J connectivity index is 2.64. The third kappa shape index (κ3) is 4.89. The summed E-state index contributed by atoms with van der Waals surface area (Å²) in [5.41, 5.74) is 5.49. The molecule has 20 heavy (non-hydrogen) atoms. The predicted octanol–water partition coefficient (Wildman–Crippen LogP) is 1.79. The number of phenols is 1. The molecule has 0 aliphatic heterocycles. The molecule has 0 aliphatic carbocycles. The second-order valence-corrected chi connectivity index (χ2v) is 4.80. The van der Waals surface area contributed by atoms with E-state index in [2.05, 4.69) is 5.32 Å². The van der Waals surface area contributed by atoms with Gasteiger partial charge >= 0.3 is 5.97 Å². The Labute approximate surface area is 117 Å². The van der Waals surface area contributed by atoms with Crippen LogP contribution in [0.3, 0.4) is 0 Å². The molecular formula is C14H20N2O4. The van der Waals surface area contributed by atoms with Gasteiger partial charge in [0.25, 0.3) is 0 Å². The Morgan fingerprint density at radius 3 is 2.65 bits per heavy atom.